The highest BCUT2D eigenvalue weighted by Crippen LogP contribution is 2.23. The Hall–Kier alpha value is -1.26. The molecule has 17 heavy (non-hydrogen) atoms. The van der Waals surface area contributed by atoms with Gasteiger partial charge in [0.2, 0.25) is 0 Å². The van der Waals surface area contributed by atoms with E-state index in [4.69, 9.17) is 5.11 Å². The molecule has 0 saturated heterocycles. The number of nitrogens with one attached hydrogen (secondary N) is 1. The van der Waals surface area contributed by atoms with Crippen molar-refractivity contribution < 1.29 is 14.7 Å². The molecule has 0 radical (unpaired) electrons. The maximum atomic E-state index is 11.8. The number of carbonyl (C=O) groups excluding carboxylic acids is 1. The lowest BCUT2D eigenvalue weighted by molar-refractivity contribution is -0.137. The Labute approximate surface area is 102 Å². The van der Waals surface area contributed by atoms with E-state index in [1.807, 2.05) is 0 Å². The van der Waals surface area contributed by atoms with E-state index >= 15 is 0 Å². The van der Waals surface area contributed by atoms with Crippen molar-refractivity contribution in [1.82, 2.24) is 10.2 Å². The maximum Gasteiger partial charge on any atom is 0.317 e. The number of rotatable bonds is 4. The Kier molecular flexibility index (Phi) is 5.25. The SMILES string of the molecule is CC1CCCCC1NC(=O)N(C)CCC(=O)O. The van der Waals surface area contributed by atoms with Gasteiger partial charge in [-0.3, -0.25) is 4.79 Å². The average molecular weight is 242 g/mol. The Morgan fingerprint density at radius 3 is 2.59 bits per heavy atom. The van der Waals surface area contributed by atoms with Crippen LogP contribution in [0.4, 0.5) is 4.79 Å². The molecule has 1 fully saturated rings. The van der Waals surface area contributed by atoms with Crippen LogP contribution in [-0.4, -0.2) is 41.6 Å². The van der Waals surface area contributed by atoms with E-state index in [1.54, 1.807) is 7.05 Å². The van der Waals surface area contributed by atoms with Gasteiger partial charge < -0.3 is 15.3 Å². The molecule has 0 bridgehead atoms. The van der Waals surface area contributed by atoms with Gasteiger partial charge >= 0.3 is 12.0 Å². The lowest BCUT2D eigenvalue weighted by atomic mass is 9.86. The standard InChI is InChI=1S/C12H22N2O3/c1-9-5-3-4-6-10(9)13-12(17)14(2)8-7-11(15)16/h9-10H,3-8H2,1-2H3,(H,13,17)(H,15,16). The van der Waals surface area contributed by atoms with Crippen LogP contribution >= 0.6 is 0 Å². The van der Waals surface area contributed by atoms with Gasteiger partial charge in [-0.05, 0) is 18.8 Å². The zero-order valence-corrected chi connectivity index (χ0v) is 10.6. The molecule has 0 aromatic rings. The molecule has 1 aliphatic rings. The molecule has 1 aliphatic carbocycles. The molecule has 2 N–H and O–H groups in total. The summed E-state index contributed by atoms with van der Waals surface area (Å²) < 4.78 is 0. The van der Waals surface area contributed by atoms with E-state index in [-0.39, 0.29) is 25.0 Å². The van der Waals surface area contributed by atoms with Gasteiger partial charge in [-0.25, -0.2) is 4.79 Å². The van der Waals surface area contributed by atoms with Crippen LogP contribution in [0, 0.1) is 5.92 Å². The number of carboxylic acid groups (broad SMARTS) is 1. The molecule has 5 nitrogen and oxygen atoms in total. The topological polar surface area (TPSA) is 69.6 Å². The lowest BCUT2D eigenvalue weighted by Gasteiger charge is -2.31. The first-order chi connectivity index (χ1) is 8.00. The first-order valence-electron chi connectivity index (χ1n) is 6.24. The van der Waals surface area contributed by atoms with E-state index in [0.29, 0.717) is 5.92 Å². The molecule has 1 rings (SSSR count). The molecule has 5 heteroatoms. The Morgan fingerprint density at radius 2 is 2.00 bits per heavy atom. The van der Waals surface area contributed by atoms with Gasteiger partial charge in [0.15, 0.2) is 0 Å². The van der Waals surface area contributed by atoms with Crippen LogP contribution in [0.3, 0.4) is 0 Å². The number of aliphatic carboxylic acids is 1. The summed E-state index contributed by atoms with van der Waals surface area (Å²) in [6, 6.07) is 0.0773. The fourth-order valence-electron chi connectivity index (χ4n) is 2.16. The molecule has 2 unspecified atom stereocenters. The van der Waals surface area contributed by atoms with Crippen molar-refractivity contribution in [2.45, 2.75) is 45.1 Å². The minimum atomic E-state index is -0.879. The fourth-order valence-corrected chi connectivity index (χ4v) is 2.16. The van der Waals surface area contributed by atoms with Crippen molar-refractivity contribution in [1.29, 1.82) is 0 Å². The molecular weight excluding hydrogens is 220 g/mol. The molecule has 0 aromatic carbocycles. The number of urea groups is 1. The Bertz CT molecular complexity index is 281. The monoisotopic (exact) mass is 242 g/mol. The highest BCUT2D eigenvalue weighted by Gasteiger charge is 2.23. The van der Waals surface area contributed by atoms with E-state index in [0.717, 1.165) is 19.3 Å². The summed E-state index contributed by atoms with van der Waals surface area (Å²) in [5.74, 6) is -0.365. The highest BCUT2D eigenvalue weighted by atomic mass is 16.4. The molecule has 1 saturated carbocycles. The number of carbonyl (C=O) groups is 2. The van der Waals surface area contributed by atoms with Crippen molar-refractivity contribution in [2.24, 2.45) is 5.92 Å². The van der Waals surface area contributed by atoms with Crippen LogP contribution in [0.2, 0.25) is 0 Å². The summed E-state index contributed by atoms with van der Waals surface area (Å²) in [6.07, 6.45) is 4.57. The molecule has 0 heterocycles. The van der Waals surface area contributed by atoms with E-state index in [2.05, 4.69) is 12.2 Å². The first kappa shape index (κ1) is 13.8. The average Bonchev–Trinajstić information content (AvgIpc) is 2.28. The van der Waals surface area contributed by atoms with Crippen LogP contribution in [0.25, 0.3) is 0 Å². The van der Waals surface area contributed by atoms with Crippen LogP contribution < -0.4 is 5.32 Å². The lowest BCUT2D eigenvalue weighted by Crippen LogP contribution is -2.47. The van der Waals surface area contributed by atoms with Gasteiger partial charge in [0.1, 0.15) is 0 Å². The van der Waals surface area contributed by atoms with E-state index in [9.17, 15) is 9.59 Å². The predicted octanol–water partition coefficient (Wildman–Crippen LogP) is 1.68. The minimum Gasteiger partial charge on any atom is -0.481 e. The second-order valence-electron chi connectivity index (χ2n) is 4.88. The summed E-state index contributed by atoms with van der Waals surface area (Å²) in [6.45, 7) is 2.41. The summed E-state index contributed by atoms with van der Waals surface area (Å²) >= 11 is 0. The van der Waals surface area contributed by atoms with Crippen LogP contribution in [0.1, 0.15) is 39.0 Å². The van der Waals surface area contributed by atoms with Gasteiger partial charge in [-0.15, -0.1) is 0 Å². The zero-order valence-electron chi connectivity index (χ0n) is 10.6. The van der Waals surface area contributed by atoms with Gasteiger partial charge in [0.05, 0.1) is 6.42 Å². The number of amides is 2. The Morgan fingerprint density at radius 1 is 1.35 bits per heavy atom. The third kappa shape index (κ3) is 4.63. The van der Waals surface area contributed by atoms with Crippen molar-refractivity contribution in [3.63, 3.8) is 0 Å². The second-order valence-corrected chi connectivity index (χ2v) is 4.88. The minimum absolute atomic E-state index is 0.00978. The van der Waals surface area contributed by atoms with Crippen molar-refractivity contribution in [3.05, 3.63) is 0 Å². The maximum absolute atomic E-state index is 11.8. The second kappa shape index (κ2) is 6.47. The summed E-state index contributed by atoms with van der Waals surface area (Å²) in [5.41, 5.74) is 0. The third-order valence-electron chi connectivity index (χ3n) is 3.43. The molecule has 0 spiro atoms. The predicted molar refractivity (Wildman–Crippen MR) is 64.8 cm³/mol. The summed E-state index contributed by atoms with van der Waals surface area (Å²) in [7, 11) is 1.63. The Balaban J connectivity index is 2.34. The molecule has 2 atom stereocenters. The molecular formula is C12H22N2O3. The van der Waals surface area contributed by atoms with Crippen molar-refractivity contribution >= 4 is 12.0 Å². The molecule has 2 amide bonds. The fraction of sp³-hybridized carbons (Fsp3) is 0.833. The quantitative estimate of drug-likeness (QED) is 0.788. The largest absolute Gasteiger partial charge is 0.481 e. The number of carboxylic acids is 1. The van der Waals surface area contributed by atoms with E-state index in [1.165, 1.54) is 11.3 Å². The summed E-state index contributed by atoms with van der Waals surface area (Å²) in [4.78, 5) is 23.6. The highest BCUT2D eigenvalue weighted by molar-refractivity contribution is 5.75. The van der Waals surface area contributed by atoms with Crippen LogP contribution in [0.15, 0.2) is 0 Å². The van der Waals surface area contributed by atoms with Crippen LogP contribution in [-0.2, 0) is 4.79 Å². The number of hydrogen-bond acceptors (Lipinski definition) is 2. The van der Waals surface area contributed by atoms with Gasteiger partial charge in [-0.1, -0.05) is 19.8 Å². The van der Waals surface area contributed by atoms with Crippen molar-refractivity contribution in [2.75, 3.05) is 13.6 Å². The van der Waals surface area contributed by atoms with E-state index < -0.39 is 5.97 Å². The molecule has 0 aromatic heterocycles. The molecule has 0 aliphatic heterocycles. The van der Waals surface area contributed by atoms with Crippen molar-refractivity contribution in [3.8, 4) is 0 Å². The van der Waals surface area contributed by atoms with Gasteiger partial charge in [0.25, 0.3) is 0 Å². The van der Waals surface area contributed by atoms with Gasteiger partial charge in [0, 0.05) is 19.6 Å². The number of hydrogen-bond donors (Lipinski definition) is 2. The number of nitrogens with zero attached hydrogens (tertiary/aromatic N) is 1. The third-order valence-corrected chi connectivity index (χ3v) is 3.43. The molecule has 98 valence electrons. The first-order valence-corrected chi connectivity index (χ1v) is 6.24. The summed E-state index contributed by atoms with van der Waals surface area (Å²) in [5, 5.41) is 11.5. The normalized spacial score (nSPS) is 24.1. The zero-order chi connectivity index (χ0) is 12.8. The van der Waals surface area contributed by atoms with Crippen LogP contribution in [0.5, 0.6) is 0 Å². The van der Waals surface area contributed by atoms with Gasteiger partial charge in [-0.2, -0.15) is 0 Å². The smallest absolute Gasteiger partial charge is 0.317 e.